The van der Waals surface area contributed by atoms with Gasteiger partial charge in [-0.2, -0.15) is 4.98 Å². The second kappa shape index (κ2) is 15.0. The van der Waals surface area contributed by atoms with Crippen LogP contribution in [0.1, 0.15) is 25.3 Å². The van der Waals surface area contributed by atoms with Crippen LogP contribution < -0.4 is 29.9 Å². The van der Waals surface area contributed by atoms with Gasteiger partial charge in [0.1, 0.15) is 21.8 Å². The molecule has 1 atom stereocenters. The second-order valence-corrected chi connectivity index (χ2v) is 12.2. The van der Waals surface area contributed by atoms with Crippen molar-refractivity contribution in [2.75, 3.05) is 79.8 Å². The van der Waals surface area contributed by atoms with E-state index in [1.807, 2.05) is 50.3 Å². The molecule has 0 radical (unpaired) electrons. The van der Waals surface area contributed by atoms with E-state index >= 15 is 0 Å². The lowest BCUT2D eigenvalue weighted by atomic mass is 10.00. The van der Waals surface area contributed by atoms with E-state index in [4.69, 9.17) is 16.3 Å². The Morgan fingerprint density at radius 3 is 2.44 bits per heavy atom. The standard InChI is InChI=1S/C30H41ClN8O3S/c1-10-27(40)33-23-16-24(26(42-8)17-25(23)38(6)15-14-37(4)5)35-30-32-18-21(31)29(36-30)34-22-13-11-12-20(19(2)3)28(22)39(7)43(9)41/h10-13,16-19H,1,14-15H2,2-9H3,(H,33,40)(H2,32,34,35,36). The summed E-state index contributed by atoms with van der Waals surface area (Å²) in [6.45, 7) is 9.27. The number of likely N-dealkylation sites (N-methyl/N-ethyl adjacent to an activating group) is 2. The van der Waals surface area contributed by atoms with Gasteiger partial charge in [0.2, 0.25) is 11.9 Å². The van der Waals surface area contributed by atoms with Crippen molar-refractivity contribution in [3.05, 3.63) is 59.8 Å². The molecule has 0 aliphatic rings. The topological polar surface area (TPSA) is 115 Å². The zero-order valence-corrected chi connectivity index (χ0v) is 27.6. The number of nitrogens with one attached hydrogen (secondary N) is 3. The molecule has 0 aliphatic carbocycles. The molecule has 1 unspecified atom stereocenters. The normalized spacial score (nSPS) is 11.7. The maximum atomic E-state index is 12.5. The summed E-state index contributed by atoms with van der Waals surface area (Å²) in [6.07, 6.45) is 4.34. The summed E-state index contributed by atoms with van der Waals surface area (Å²) in [4.78, 5) is 25.4. The molecule has 3 N–H and O–H groups in total. The lowest BCUT2D eigenvalue weighted by molar-refractivity contribution is -0.111. The van der Waals surface area contributed by atoms with E-state index < -0.39 is 11.0 Å². The molecule has 1 aromatic heterocycles. The van der Waals surface area contributed by atoms with Crippen LogP contribution in [0, 0.1) is 0 Å². The predicted molar refractivity (Wildman–Crippen MR) is 180 cm³/mol. The first-order valence-electron chi connectivity index (χ1n) is 13.6. The third-order valence-corrected chi connectivity index (χ3v) is 7.92. The highest BCUT2D eigenvalue weighted by atomic mass is 35.5. The Morgan fingerprint density at radius 2 is 1.84 bits per heavy atom. The Morgan fingerprint density at radius 1 is 1.12 bits per heavy atom. The maximum absolute atomic E-state index is 12.5. The number of carbonyl (C=O) groups is 1. The van der Waals surface area contributed by atoms with Gasteiger partial charge in [0.15, 0.2) is 5.82 Å². The molecule has 1 amide bonds. The molecule has 3 aromatic rings. The van der Waals surface area contributed by atoms with Crippen molar-refractivity contribution in [2.45, 2.75) is 19.8 Å². The molecule has 0 fully saturated rings. The number of nitrogens with zero attached hydrogens (tertiary/aromatic N) is 5. The van der Waals surface area contributed by atoms with Gasteiger partial charge in [0.05, 0.1) is 41.7 Å². The minimum atomic E-state index is -1.25. The lowest BCUT2D eigenvalue weighted by Crippen LogP contribution is -2.29. The SMILES string of the molecule is C=CC(=O)Nc1cc(Nc2ncc(Cl)c(Nc3cccc(C(C)C)c3N(C)S(C)=O)n2)c(OC)cc1N(C)CCN(C)C. The number of methoxy groups -OCH3 is 1. The number of benzene rings is 2. The number of aromatic nitrogens is 2. The van der Waals surface area contributed by atoms with Gasteiger partial charge < -0.3 is 30.5 Å². The number of anilines is 7. The molecule has 13 heteroatoms. The van der Waals surface area contributed by atoms with Crippen molar-refractivity contribution in [3.8, 4) is 5.75 Å². The Balaban J connectivity index is 2.03. The van der Waals surface area contributed by atoms with Gasteiger partial charge in [-0.3, -0.25) is 9.10 Å². The van der Waals surface area contributed by atoms with Crippen molar-refractivity contribution in [1.29, 1.82) is 0 Å². The van der Waals surface area contributed by atoms with Gasteiger partial charge in [0, 0.05) is 39.5 Å². The van der Waals surface area contributed by atoms with Crippen LogP contribution in [0.5, 0.6) is 5.75 Å². The fraction of sp³-hybridized carbons (Fsp3) is 0.367. The number of amides is 1. The average molecular weight is 629 g/mol. The number of hydrogen-bond donors (Lipinski definition) is 3. The second-order valence-electron chi connectivity index (χ2n) is 10.4. The zero-order valence-electron chi connectivity index (χ0n) is 26.0. The molecule has 43 heavy (non-hydrogen) atoms. The van der Waals surface area contributed by atoms with Crippen molar-refractivity contribution in [1.82, 2.24) is 14.9 Å². The Labute approximate surface area is 261 Å². The Bertz CT molecular complexity index is 1480. The van der Waals surface area contributed by atoms with Crippen molar-refractivity contribution >= 4 is 68.7 Å². The largest absolute Gasteiger partial charge is 0.494 e. The number of halogens is 1. The summed E-state index contributed by atoms with van der Waals surface area (Å²) in [5.41, 5.74) is 4.39. The third-order valence-electron chi connectivity index (χ3n) is 6.69. The summed E-state index contributed by atoms with van der Waals surface area (Å²) >= 11 is 6.53. The summed E-state index contributed by atoms with van der Waals surface area (Å²) in [7, 11) is 8.05. The maximum Gasteiger partial charge on any atom is 0.247 e. The highest BCUT2D eigenvalue weighted by Gasteiger charge is 2.20. The van der Waals surface area contributed by atoms with Crippen molar-refractivity contribution < 1.29 is 13.7 Å². The van der Waals surface area contributed by atoms with Gasteiger partial charge in [-0.1, -0.05) is 44.2 Å². The van der Waals surface area contributed by atoms with Crippen LogP contribution in [0.2, 0.25) is 5.02 Å². The smallest absolute Gasteiger partial charge is 0.247 e. The van der Waals surface area contributed by atoms with Gasteiger partial charge in [-0.15, -0.1) is 0 Å². The highest BCUT2D eigenvalue weighted by Crippen LogP contribution is 2.40. The van der Waals surface area contributed by atoms with Gasteiger partial charge in [0.25, 0.3) is 0 Å². The van der Waals surface area contributed by atoms with E-state index in [-0.39, 0.29) is 17.8 Å². The fourth-order valence-electron chi connectivity index (χ4n) is 4.28. The Kier molecular flexibility index (Phi) is 11.8. The summed E-state index contributed by atoms with van der Waals surface area (Å²) in [5.74, 6) is 0.971. The number of hydrogen-bond acceptors (Lipinski definition) is 9. The van der Waals surface area contributed by atoms with Gasteiger partial charge >= 0.3 is 0 Å². The molecule has 0 spiro atoms. The first-order valence-corrected chi connectivity index (χ1v) is 15.5. The predicted octanol–water partition coefficient (Wildman–Crippen LogP) is 5.60. The molecule has 232 valence electrons. The Hall–Kier alpha value is -3.87. The van der Waals surface area contributed by atoms with Crippen LogP contribution in [0.15, 0.2) is 49.2 Å². The minimum Gasteiger partial charge on any atom is -0.494 e. The number of rotatable bonds is 14. The lowest BCUT2D eigenvalue weighted by Gasteiger charge is -2.26. The van der Waals surface area contributed by atoms with Crippen LogP contribution in [0.3, 0.4) is 0 Å². The van der Waals surface area contributed by atoms with Crippen LogP contribution in [0.4, 0.5) is 40.2 Å². The van der Waals surface area contributed by atoms with E-state index in [2.05, 4.69) is 51.2 Å². The van der Waals surface area contributed by atoms with Crippen molar-refractivity contribution in [3.63, 3.8) is 0 Å². The van der Waals surface area contributed by atoms with Crippen LogP contribution in [-0.2, 0) is 15.8 Å². The summed E-state index contributed by atoms with van der Waals surface area (Å²) < 4.78 is 19.9. The average Bonchev–Trinajstić information content (AvgIpc) is 2.97. The molecule has 3 rings (SSSR count). The van der Waals surface area contributed by atoms with Gasteiger partial charge in [-0.25, -0.2) is 9.19 Å². The van der Waals surface area contributed by atoms with Crippen LogP contribution in [0.25, 0.3) is 0 Å². The van der Waals surface area contributed by atoms with E-state index in [0.29, 0.717) is 33.7 Å². The van der Waals surface area contributed by atoms with E-state index in [9.17, 15) is 9.00 Å². The molecule has 11 nitrogen and oxygen atoms in total. The minimum absolute atomic E-state index is 0.189. The van der Waals surface area contributed by atoms with Crippen LogP contribution in [-0.4, -0.2) is 79.6 Å². The third kappa shape index (κ3) is 8.59. The van der Waals surface area contributed by atoms with E-state index in [1.165, 1.54) is 12.3 Å². The number of ether oxygens (including phenoxy) is 1. The molecule has 2 aromatic carbocycles. The van der Waals surface area contributed by atoms with Crippen molar-refractivity contribution in [2.24, 2.45) is 0 Å². The molecule has 0 saturated heterocycles. The first kappa shape index (κ1) is 33.6. The molecule has 0 saturated carbocycles. The fourth-order valence-corrected chi connectivity index (χ4v) is 4.88. The van der Waals surface area contributed by atoms with Gasteiger partial charge in [-0.05, 0) is 43.8 Å². The molecule has 0 bridgehead atoms. The highest BCUT2D eigenvalue weighted by molar-refractivity contribution is 7.85. The molecular weight excluding hydrogens is 588 g/mol. The summed E-state index contributed by atoms with van der Waals surface area (Å²) in [5, 5.41) is 9.70. The molecular formula is C30H41ClN8O3S. The first-order chi connectivity index (χ1) is 20.4. The van der Waals surface area contributed by atoms with E-state index in [0.717, 1.165) is 30.0 Å². The summed E-state index contributed by atoms with van der Waals surface area (Å²) in [6, 6.07) is 9.44. The molecule has 0 aliphatic heterocycles. The number of carbonyl (C=O) groups excluding carboxylic acids is 1. The number of para-hydroxylation sites is 1. The zero-order chi connectivity index (χ0) is 31.8. The monoisotopic (exact) mass is 628 g/mol. The van der Waals surface area contributed by atoms with Crippen LogP contribution >= 0.6 is 11.6 Å². The molecule has 1 heterocycles. The quantitative estimate of drug-likeness (QED) is 0.196. The van der Waals surface area contributed by atoms with E-state index in [1.54, 1.807) is 30.8 Å².